The fourth-order valence-electron chi connectivity index (χ4n) is 4.09. The molecule has 2 fully saturated rings. The zero-order valence-corrected chi connectivity index (χ0v) is 22.8. The van der Waals surface area contributed by atoms with E-state index in [4.69, 9.17) is 18.0 Å². The van der Waals surface area contributed by atoms with Crippen LogP contribution in [0.2, 0.25) is 6.04 Å². The first-order valence-electron chi connectivity index (χ1n) is 12.1. The average molecular weight is 536 g/mol. The van der Waals surface area contributed by atoms with Gasteiger partial charge in [0, 0.05) is 64.4 Å². The number of amides is 5. The Morgan fingerprint density at radius 3 is 2.37 bits per heavy atom. The van der Waals surface area contributed by atoms with E-state index < -0.39 is 8.80 Å². The van der Waals surface area contributed by atoms with Crippen LogP contribution in [0.15, 0.2) is 0 Å². The van der Waals surface area contributed by atoms with Gasteiger partial charge >= 0.3 is 20.9 Å². The molecule has 0 saturated carbocycles. The third-order valence-electron chi connectivity index (χ3n) is 6.06. The van der Waals surface area contributed by atoms with Gasteiger partial charge in [-0.1, -0.05) is 6.42 Å². The van der Waals surface area contributed by atoms with E-state index in [2.05, 4.69) is 26.6 Å². The van der Waals surface area contributed by atoms with Gasteiger partial charge in [0.25, 0.3) is 0 Å². The average Bonchev–Trinajstić information content (AvgIpc) is 3.41. The summed E-state index contributed by atoms with van der Waals surface area (Å²) in [6, 6.07) is 0.741. The van der Waals surface area contributed by atoms with Crippen molar-refractivity contribution in [3.63, 3.8) is 0 Å². The molecule has 0 aromatic carbocycles. The second-order valence-electron chi connectivity index (χ2n) is 8.41. The van der Waals surface area contributed by atoms with Gasteiger partial charge in [0.1, 0.15) is 0 Å². The van der Waals surface area contributed by atoms with Crippen molar-refractivity contribution >= 4 is 38.5 Å². The minimum absolute atomic E-state index is 0.0152. The Morgan fingerprint density at radius 2 is 1.66 bits per heavy atom. The van der Waals surface area contributed by atoms with E-state index in [0.717, 1.165) is 25.0 Å². The molecule has 2 heterocycles. The summed E-state index contributed by atoms with van der Waals surface area (Å²) in [6.07, 6.45) is 3.96. The Bertz CT molecular complexity index is 666. The smallest absolute Gasteiger partial charge is 0.378 e. The van der Waals surface area contributed by atoms with Gasteiger partial charge in [-0.3, -0.25) is 4.79 Å². The Labute approximate surface area is 213 Å². The lowest BCUT2D eigenvalue weighted by molar-refractivity contribution is -0.121. The number of hydrogen-bond acceptors (Lipinski definition) is 8. The van der Waals surface area contributed by atoms with Crippen LogP contribution >= 0.6 is 11.8 Å². The normalized spacial score (nSPS) is 21.2. The second kappa shape index (κ2) is 16.2. The predicted octanol–water partition coefficient (Wildman–Crippen LogP) is 0.412. The summed E-state index contributed by atoms with van der Waals surface area (Å²) in [5.41, 5.74) is 0. The first kappa shape index (κ1) is 29.6. The number of urea groups is 2. The number of fused-ring (bicyclic) bond motifs is 1. The molecular weight excluding hydrogens is 494 g/mol. The van der Waals surface area contributed by atoms with Crippen molar-refractivity contribution in [2.45, 2.75) is 55.5 Å². The van der Waals surface area contributed by atoms with Crippen LogP contribution in [0.1, 0.15) is 32.1 Å². The Morgan fingerprint density at radius 1 is 0.971 bits per heavy atom. The second-order valence-corrected chi connectivity index (χ2v) is 12.8. The molecule has 0 radical (unpaired) electrons. The van der Waals surface area contributed by atoms with E-state index in [1.54, 1.807) is 21.3 Å². The Balaban J connectivity index is 1.37. The molecule has 0 aromatic rings. The van der Waals surface area contributed by atoms with E-state index >= 15 is 0 Å². The van der Waals surface area contributed by atoms with Crippen molar-refractivity contribution in [3.8, 4) is 0 Å². The number of carbonyl (C=O) groups excluding carboxylic acids is 3. The largest absolute Gasteiger partial charge is 0.500 e. The highest BCUT2D eigenvalue weighted by molar-refractivity contribution is 8.00. The molecule has 0 bridgehead atoms. The topological polar surface area (TPSA) is 148 Å². The molecule has 202 valence electrons. The first-order chi connectivity index (χ1) is 16.9. The predicted molar refractivity (Wildman–Crippen MR) is 135 cm³/mol. The SMILES string of the molecule is CO[Si](CCCNC(=O)NCCOCCNC(=O)CCCCC1SCC2NC(=O)NC21)(OC)OC. The fourth-order valence-corrected chi connectivity index (χ4v) is 7.36. The van der Waals surface area contributed by atoms with Crippen molar-refractivity contribution < 1.29 is 32.4 Å². The van der Waals surface area contributed by atoms with Crippen LogP contribution in [0.3, 0.4) is 0 Å². The van der Waals surface area contributed by atoms with Crippen LogP contribution in [0.4, 0.5) is 9.59 Å². The maximum Gasteiger partial charge on any atom is 0.500 e. The summed E-state index contributed by atoms with van der Waals surface area (Å²) < 4.78 is 21.5. The van der Waals surface area contributed by atoms with Gasteiger partial charge < -0.3 is 44.6 Å². The molecule has 2 aliphatic rings. The van der Waals surface area contributed by atoms with Crippen molar-refractivity contribution in [1.82, 2.24) is 26.6 Å². The quantitative estimate of drug-likeness (QED) is 0.0963. The van der Waals surface area contributed by atoms with Gasteiger partial charge in [0.2, 0.25) is 5.91 Å². The highest BCUT2D eigenvalue weighted by Crippen LogP contribution is 2.33. The van der Waals surface area contributed by atoms with Crippen molar-refractivity contribution in [1.29, 1.82) is 0 Å². The molecule has 2 aliphatic heterocycles. The molecule has 2 rings (SSSR count). The molecule has 0 aromatic heterocycles. The van der Waals surface area contributed by atoms with Crippen molar-refractivity contribution in [2.24, 2.45) is 0 Å². The zero-order chi connectivity index (χ0) is 25.5. The lowest BCUT2D eigenvalue weighted by atomic mass is 10.0. The summed E-state index contributed by atoms with van der Waals surface area (Å²) >= 11 is 1.89. The van der Waals surface area contributed by atoms with E-state index in [9.17, 15) is 14.4 Å². The van der Waals surface area contributed by atoms with E-state index in [1.165, 1.54) is 0 Å². The van der Waals surface area contributed by atoms with Gasteiger partial charge in [-0.2, -0.15) is 11.8 Å². The molecule has 0 aliphatic carbocycles. The van der Waals surface area contributed by atoms with Gasteiger partial charge in [-0.05, 0) is 19.3 Å². The molecule has 2 saturated heterocycles. The van der Waals surface area contributed by atoms with Crippen LogP contribution < -0.4 is 26.6 Å². The number of thioether (sulfide) groups is 1. The van der Waals surface area contributed by atoms with E-state index in [1.807, 2.05) is 11.8 Å². The number of carbonyl (C=O) groups is 3. The van der Waals surface area contributed by atoms with Gasteiger partial charge in [-0.15, -0.1) is 0 Å². The van der Waals surface area contributed by atoms with Gasteiger partial charge in [0.05, 0.1) is 25.3 Å². The van der Waals surface area contributed by atoms with Crippen molar-refractivity contribution in [2.75, 3.05) is 59.9 Å². The highest BCUT2D eigenvalue weighted by Gasteiger charge is 2.42. The fraction of sp³-hybridized carbons (Fsp3) is 0.857. The van der Waals surface area contributed by atoms with Crippen LogP contribution in [0.25, 0.3) is 0 Å². The van der Waals surface area contributed by atoms with Gasteiger partial charge in [-0.25, -0.2) is 9.59 Å². The number of unbranched alkanes of at least 4 members (excludes halogenated alkanes) is 1. The van der Waals surface area contributed by atoms with Crippen LogP contribution in [0, 0.1) is 0 Å². The Hall–Kier alpha value is -1.58. The molecule has 35 heavy (non-hydrogen) atoms. The number of rotatable bonds is 18. The van der Waals surface area contributed by atoms with Gasteiger partial charge in [0.15, 0.2) is 0 Å². The molecule has 0 spiro atoms. The molecular formula is C21H41N5O7SSi. The van der Waals surface area contributed by atoms with Crippen LogP contribution in [-0.2, 0) is 22.8 Å². The number of hydrogen-bond donors (Lipinski definition) is 5. The van der Waals surface area contributed by atoms with Crippen LogP contribution in [0.5, 0.6) is 0 Å². The molecule has 14 heteroatoms. The van der Waals surface area contributed by atoms with Crippen LogP contribution in [-0.4, -0.2) is 104 Å². The molecule has 3 atom stereocenters. The Kier molecular flexibility index (Phi) is 13.7. The molecule has 12 nitrogen and oxygen atoms in total. The minimum Gasteiger partial charge on any atom is -0.378 e. The lowest BCUT2D eigenvalue weighted by Crippen LogP contribution is -2.44. The lowest BCUT2D eigenvalue weighted by Gasteiger charge is -2.24. The molecule has 3 unspecified atom stereocenters. The summed E-state index contributed by atoms with van der Waals surface area (Å²) in [5.74, 6) is 0.969. The summed E-state index contributed by atoms with van der Waals surface area (Å²) in [4.78, 5) is 35.2. The zero-order valence-electron chi connectivity index (χ0n) is 21.0. The monoisotopic (exact) mass is 535 g/mol. The number of nitrogens with one attached hydrogen (secondary N) is 5. The standard InChI is InChI=1S/C21H41N5O7SSi/c1-30-35(31-2,32-3)14-6-9-23-20(28)24-11-13-33-12-10-22-18(27)8-5-4-7-17-19-16(15-34-17)25-21(29)26-19/h16-17,19H,4-15H2,1-3H3,(H,22,27)(H2,23,24,28)(H2,25,26,29). The van der Waals surface area contributed by atoms with E-state index in [0.29, 0.717) is 57.0 Å². The maximum atomic E-state index is 12.0. The number of ether oxygens (including phenoxy) is 1. The molecule has 5 N–H and O–H groups in total. The third kappa shape index (κ3) is 10.5. The summed E-state index contributed by atoms with van der Waals surface area (Å²) in [7, 11) is 2.09. The van der Waals surface area contributed by atoms with E-state index in [-0.39, 0.29) is 30.1 Å². The third-order valence-corrected chi connectivity index (χ3v) is 10.4. The summed E-state index contributed by atoms with van der Waals surface area (Å²) in [5, 5.41) is 14.7. The van der Waals surface area contributed by atoms with Crippen molar-refractivity contribution in [3.05, 3.63) is 0 Å². The minimum atomic E-state index is -2.60. The summed E-state index contributed by atoms with van der Waals surface area (Å²) in [6.45, 7) is 2.06. The molecule has 5 amide bonds. The highest BCUT2D eigenvalue weighted by atomic mass is 32.2. The first-order valence-corrected chi connectivity index (χ1v) is 15.1. The maximum absolute atomic E-state index is 12.0.